The minimum Gasteiger partial charge on any atom is -0.481 e. The molecular weight excluding hydrogens is 407 g/mol. The van der Waals surface area contributed by atoms with Crippen molar-refractivity contribution in [1.82, 2.24) is 0 Å². The fraction of sp³-hybridized carbons (Fsp3) is 0.125. The average Bonchev–Trinajstić information content (AvgIpc) is 2.71. The molecule has 29 heavy (non-hydrogen) atoms. The first-order chi connectivity index (χ1) is 14.0. The first-order valence-corrected chi connectivity index (χ1v) is 9.90. The Hall–Kier alpha value is -2.75. The zero-order valence-corrected chi connectivity index (χ0v) is 17.5. The third-order valence-electron chi connectivity index (χ3n) is 4.92. The van der Waals surface area contributed by atoms with Crippen molar-refractivity contribution in [2.75, 3.05) is 0 Å². The number of benzene rings is 3. The number of fused-ring (bicyclic) bond motifs is 1. The summed E-state index contributed by atoms with van der Waals surface area (Å²) in [6, 6.07) is 18.4. The van der Waals surface area contributed by atoms with Crippen molar-refractivity contribution >= 4 is 34.2 Å². The van der Waals surface area contributed by atoms with Gasteiger partial charge in [0.2, 0.25) is 11.2 Å². The standard InChI is InChI=1S/C24H18Cl2O3/c1-14-11-17-21(12-15(14)2)29-23(16-7-4-3-5-8-16)24(22(17)27)28-13-18-19(25)9-6-10-20(18)26/h3-12H,13H2,1-2H3. The van der Waals surface area contributed by atoms with E-state index in [4.69, 9.17) is 32.4 Å². The first-order valence-electron chi connectivity index (χ1n) is 9.15. The smallest absolute Gasteiger partial charge is 0.235 e. The quantitative estimate of drug-likeness (QED) is 0.355. The number of rotatable bonds is 4. The van der Waals surface area contributed by atoms with Gasteiger partial charge in [0, 0.05) is 21.2 Å². The van der Waals surface area contributed by atoms with Crippen LogP contribution < -0.4 is 10.2 Å². The molecule has 0 aliphatic heterocycles. The second-order valence-electron chi connectivity index (χ2n) is 6.88. The number of halogens is 2. The molecule has 3 nitrogen and oxygen atoms in total. The summed E-state index contributed by atoms with van der Waals surface area (Å²) < 4.78 is 12.1. The third-order valence-corrected chi connectivity index (χ3v) is 5.63. The molecule has 0 fully saturated rings. The van der Waals surface area contributed by atoms with E-state index in [2.05, 4.69) is 0 Å². The van der Waals surface area contributed by atoms with Gasteiger partial charge in [-0.3, -0.25) is 4.79 Å². The van der Waals surface area contributed by atoms with E-state index < -0.39 is 0 Å². The lowest BCUT2D eigenvalue weighted by Crippen LogP contribution is -2.11. The molecule has 146 valence electrons. The summed E-state index contributed by atoms with van der Waals surface area (Å²) in [5.41, 5.74) is 3.74. The molecule has 0 aliphatic rings. The van der Waals surface area contributed by atoms with Gasteiger partial charge in [0.1, 0.15) is 12.2 Å². The summed E-state index contributed by atoms with van der Waals surface area (Å²) in [5.74, 6) is 0.525. The maximum absolute atomic E-state index is 13.3. The number of aryl methyl sites for hydroxylation is 2. The van der Waals surface area contributed by atoms with E-state index in [0.717, 1.165) is 16.7 Å². The van der Waals surface area contributed by atoms with Crippen molar-refractivity contribution in [3.05, 3.63) is 97.6 Å². The molecule has 3 aromatic carbocycles. The Kier molecular flexibility index (Phi) is 5.35. The second kappa shape index (κ2) is 7.94. The van der Waals surface area contributed by atoms with Crippen molar-refractivity contribution in [1.29, 1.82) is 0 Å². The van der Waals surface area contributed by atoms with Crippen LogP contribution in [0.3, 0.4) is 0 Å². The highest BCUT2D eigenvalue weighted by Gasteiger charge is 2.19. The average molecular weight is 425 g/mol. The highest BCUT2D eigenvalue weighted by atomic mass is 35.5. The van der Waals surface area contributed by atoms with Crippen LogP contribution in [0.1, 0.15) is 16.7 Å². The van der Waals surface area contributed by atoms with Gasteiger partial charge < -0.3 is 9.15 Å². The molecule has 5 heteroatoms. The van der Waals surface area contributed by atoms with Crippen LogP contribution >= 0.6 is 23.2 Å². The van der Waals surface area contributed by atoms with Gasteiger partial charge in [0.05, 0.1) is 5.39 Å². The minimum atomic E-state index is -0.226. The molecule has 0 radical (unpaired) electrons. The molecule has 0 amide bonds. The SMILES string of the molecule is Cc1cc2oc(-c3ccccc3)c(OCc3c(Cl)cccc3Cl)c(=O)c2cc1C. The topological polar surface area (TPSA) is 39.4 Å². The minimum absolute atomic E-state index is 0.0550. The molecule has 1 heterocycles. The fourth-order valence-electron chi connectivity index (χ4n) is 3.16. The van der Waals surface area contributed by atoms with E-state index in [9.17, 15) is 4.79 Å². The second-order valence-corrected chi connectivity index (χ2v) is 7.69. The van der Waals surface area contributed by atoms with Gasteiger partial charge in [0.15, 0.2) is 5.76 Å². The molecule has 4 rings (SSSR count). The summed E-state index contributed by atoms with van der Waals surface area (Å²) in [7, 11) is 0. The summed E-state index contributed by atoms with van der Waals surface area (Å²) in [4.78, 5) is 13.3. The van der Waals surface area contributed by atoms with E-state index in [1.807, 2.05) is 56.3 Å². The van der Waals surface area contributed by atoms with Crippen molar-refractivity contribution in [3.63, 3.8) is 0 Å². The first kappa shape index (κ1) is 19.6. The summed E-state index contributed by atoms with van der Waals surface area (Å²) in [5, 5.41) is 1.44. The molecule has 0 unspecified atom stereocenters. The Morgan fingerprint density at radius 3 is 2.24 bits per heavy atom. The Bertz CT molecular complexity index is 1240. The Morgan fingerprint density at radius 1 is 0.897 bits per heavy atom. The maximum Gasteiger partial charge on any atom is 0.235 e. The van der Waals surface area contributed by atoms with Gasteiger partial charge in [-0.1, -0.05) is 59.6 Å². The molecule has 0 saturated heterocycles. The Morgan fingerprint density at radius 2 is 1.55 bits per heavy atom. The molecule has 0 atom stereocenters. The zero-order valence-electron chi connectivity index (χ0n) is 16.0. The highest BCUT2D eigenvalue weighted by molar-refractivity contribution is 6.35. The molecule has 0 N–H and O–H groups in total. The molecular formula is C24H18Cl2O3. The largest absolute Gasteiger partial charge is 0.481 e. The van der Waals surface area contributed by atoms with Crippen LogP contribution in [-0.4, -0.2) is 0 Å². The molecule has 0 saturated carbocycles. The molecule has 4 aromatic rings. The van der Waals surface area contributed by atoms with Gasteiger partial charge in [-0.15, -0.1) is 0 Å². The van der Waals surface area contributed by atoms with E-state index in [0.29, 0.717) is 32.3 Å². The Labute approximate surface area is 178 Å². The van der Waals surface area contributed by atoms with Crippen LogP contribution in [0.5, 0.6) is 5.75 Å². The summed E-state index contributed by atoms with van der Waals surface area (Å²) in [6.07, 6.45) is 0. The molecule has 0 bridgehead atoms. The van der Waals surface area contributed by atoms with Crippen molar-refractivity contribution < 1.29 is 9.15 Å². The van der Waals surface area contributed by atoms with E-state index in [1.165, 1.54) is 0 Å². The van der Waals surface area contributed by atoms with Crippen molar-refractivity contribution in [2.45, 2.75) is 20.5 Å². The third kappa shape index (κ3) is 3.76. The zero-order chi connectivity index (χ0) is 20.5. The molecule has 0 spiro atoms. The van der Waals surface area contributed by atoms with Gasteiger partial charge >= 0.3 is 0 Å². The molecule has 1 aromatic heterocycles. The van der Waals surface area contributed by atoms with Crippen LogP contribution in [0.25, 0.3) is 22.3 Å². The predicted octanol–water partition coefficient (Wildman–Crippen LogP) is 6.96. The van der Waals surface area contributed by atoms with Crippen molar-refractivity contribution in [3.8, 4) is 17.1 Å². The lowest BCUT2D eigenvalue weighted by molar-refractivity contribution is 0.298. The van der Waals surface area contributed by atoms with Crippen LogP contribution in [0.2, 0.25) is 10.0 Å². The van der Waals surface area contributed by atoms with Gasteiger partial charge in [-0.05, 0) is 49.2 Å². The molecule has 0 aliphatic carbocycles. The van der Waals surface area contributed by atoms with E-state index in [-0.39, 0.29) is 17.8 Å². The number of ether oxygens (including phenoxy) is 1. The van der Waals surface area contributed by atoms with Crippen LogP contribution in [0, 0.1) is 13.8 Å². The summed E-state index contributed by atoms with van der Waals surface area (Å²) in [6.45, 7) is 4.00. The van der Waals surface area contributed by atoms with E-state index in [1.54, 1.807) is 18.2 Å². The van der Waals surface area contributed by atoms with Gasteiger partial charge in [-0.2, -0.15) is 0 Å². The lowest BCUT2D eigenvalue weighted by atomic mass is 10.0. The highest BCUT2D eigenvalue weighted by Crippen LogP contribution is 2.33. The van der Waals surface area contributed by atoms with Crippen molar-refractivity contribution in [2.24, 2.45) is 0 Å². The van der Waals surface area contributed by atoms with Gasteiger partial charge in [-0.25, -0.2) is 0 Å². The van der Waals surface area contributed by atoms with E-state index >= 15 is 0 Å². The number of hydrogen-bond donors (Lipinski definition) is 0. The normalized spacial score (nSPS) is 11.0. The van der Waals surface area contributed by atoms with Gasteiger partial charge in [0.25, 0.3) is 0 Å². The summed E-state index contributed by atoms with van der Waals surface area (Å²) >= 11 is 12.5. The maximum atomic E-state index is 13.3. The fourth-order valence-corrected chi connectivity index (χ4v) is 3.67. The lowest BCUT2D eigenvalue weighted by Gasteiger charge is -2.14. The Balaban J connectivity index is 1.90. The monoisotopic (exact) mass is 424 g/mol. The van der Waals surface area contributed by atoms with Crippen LogP contribution in [-0.2, 0) is 6.61 Å². The van der Waals surface area contributed by atoms with Crippen LogP contribution in [0.15, 0.2) is 69.9 Å². The number of hydrogen-bond acceptors (Lipinski definition) is 3. The predicted molar refractivity (Wildman–Crippen MR) is 118 cm³/mol. The van der Waals surface area contributed by atoms with Crippen LogP contribution in [0.4, 0.5) is 0 Å².